The van der Waals surface area contributed by atoms with Gasteiger partial charge in [-0.3, -0.25) is 0 Å². The number of oxime groups is 2. The molecule has 2 N–H and O–H groups in total. The molecule has 3 rings (SSSR count). The number of fused-ring (bicyclic) bond motifs is 3. The highest BCUT2D eigenvalue weighted by atomic mass is 16.4. The van der Waals surface area contributed by atoms with E-state index in [1.54, 1.807) is 6.92 Å². The van der Waals surface area contributed by atoms with Gasteiger partial charge < -0.3 is 10.4 Å². The standard InChI is InChI=1S/C21H24N2O2/c1-4-21(5-2)18-9-7-6-8-16(18)17-11-10-15(13-19(17)21)20(23-25)12-14(3)22-24/h6-11,13,24-25H,4-5,12H2,1-3H3. The zero-order chi connectivity index (χ0) is 18.0. The van der Waals surface area contributed by atoms with Crippen molar-refractivity contribution in [1.82, 2.24) is 0 Å². The highest BCUT2D eigenvalue weighted by molar-refractivity contribution is 6.12. The van der Waals surface area contributed by atoms with Crippen LogP contribution in [0.25, 0.3) is 11.1 Å². The van der Waals surface area contributed by atoms with E-state index >= 15 is 0 Å². The molecule has 0 aliphatic heterocycles. The van der Waals surface area contributed by atoms with Crippen molar-refractivity contribution in [2.45, 2.75) is 45.4 Å². The lowest BCUT2D eigenvalue weighted by Crippen LogP contribution is -2.23. The molecule has 2 aromatic carbocycles. The summed E-state index contributed by atoms with van der Waals surface area (Å²) < 4.78 is 0. The fourth-order valence-corrected chi connectivity index (χ4v) is 4.12. The molecule has 0 radical (unpaired) electrons. The first kappa shape index (κ1) is 17.2. The van der Waals surface area contributed by atoms with Crippen molar-refractivity contribution in [3.63, 3.8) is 0 Å². The monoisotopic (exact) mass is 336 g/mol. The molecule has 0 unspecified atom stereocenters. The van der Waals surface area contributed by atoms with Gasteiger partial charge in [0.25, 0.3) is 0 Å². The molecule has 0 atom stereocenters. The molecule has 0 bridgehead atoms. The van der Waals surface area contributed by atoms with Crippen LogP contribution in [-0.2, 0) is 5.41 Å². The molecule has 1 aliphatic carbocycles. The smallest absolute Gasteiger partial charge is 0.0925 e. The highest BCUT2D eigenvalue weighted by Gasteiger charge is 2.40. The predicted octanol–water partition coefficient (Wildman–Crippen LogP) is 5.19. The lowest BCUT2D eigenvalue weighted by atomic mass is 9.73. The van der Waals surface area contributed by atoms with Crippen LogP contribution in [0.3, 0.4) is 0 Å². The lowest BCUT2D eigenvalue weighted by molar-refractivity contribution is 0.315. The molecule has 0 amide bonds. The van der Waals surface area contributed by atoms with Gasteiger partial charge in [-0.15, -0.1) is 0 Å². The summed E-state index contributed by atoms with van der Waals surface area (Å²) in [4.78, 5) is 0. The van der Waals surface area contributed by atoms with E-state index in [-0.39, 0.29) is 5.41 Å². The first-order valence-electron chi connectivity index (χ1n) is 8.74. The molecule has 130 valence electrons. The third-order valence-corrected chi connectivity index (χ3v) is 5.52. The zero-order valence-corrected chi connectivity index (χ0v) is 15.0. The molecule has 0 saturated heterocycles. The Bertz CT molecular complexity index is 849. The van der Waals surface area contributed by atoms with Gasteiger partial charge in [-0.2, -0.15) is 0 Å². The summed E-state index contributed by atoms with van der Waals surface area (Å²) in [6.07, 6.45) is 2.34. The maximum atomic E-state index is 9.44. The second-order valence-electron chi connectivity index (χ2n) is 6.65. The van der Waals surface area contributed by atoms with Crippen molar-refractivity contribution in [2.24, 2.45) is 10.3 Å². The minimum atomic E-state index is -0.0113. The normalized spacial score (nSPS) is 15.8. The maximum absolute atomic E-state index is 9.44. The first-order valence-corrected chi connectivity index (χ1v) is 8.74. The van der Waals surface area contributed by atoms with Gasteiger partial charge in [0.05, 0.1) is 11.4 Å². The Morgan fingerprint density at radius 1 is 0.920 bits per heavy atom. The minimum Gasteiger partial charge on any atom is -0.411 e. The second kappa shape index (κ2) is 6.71. The largest absolute Gasteiger partial charge is 0.411 e. The van der Waals surface area contributed by atoms with Gasteiger partial charge in [0.15, 0.2) is 0 Å². The molecule has 0 saturated carbocycles. The van der Waals surface area contributed by atoms with Crippen LogP contribution >= 0.6 is 0 Å². The summed E-state index contributed by atoms with van der Waals surface area (Å²) in [6, 6.07) is 14.8. The van der Waals surface area contributed by atoms with Crippen LogP contribution in [0.15, 0.2) is 52.8 Å². The molecule has 25 heavy (non-hydrogen) atoms. The van der Waals surface area contributed by atoms with Crippen molar-refractivity contribution in [3.05, 3.63) is 59.2 Å². The summed E-state index contributed by atoms with van der Waals surface area (Å²) in [7, 11) is 0. The Kier molecular flexibility index (Phi) is 4.62. The molecule has 4 nitrogen and oxygen atoms in total. The summed E-state index contributed by atoms with van der Waals surface area (Å²) in [6.45, 7) is 6.16. The van der Waals surface area contributed by atoms with Gasteiger partial charge in [0, 0.05) is 17.4 Å². The van der Waals surface area contributed by atoms with Crippen LogP contribution in [0.2, 0.25) is 0 Å². The van der Waals surface area contributed by atoms with Crippen molar-refractivity contribution in [1.29, 1.82) is 0 Å². The van der Waals surface area contributed by atoms with Crippen LogP contribution in [0.1, 0.15) is 56.7 Å². The highest BCUT2D eigenvalue weighted by Crippen LogP contribution is 2.52. The number of hydrogen-bond acceptors (Lipinski definition) is 4. The Labute approximate surface area is 148 Å². The fourth-order valence-electron chi connectivity index (χ4n) is 4.12. The van der Waals surface area contributed by atoms with Gasteiger partial charge in [-0.1, -0.05) is 60.6 Å². The van der Waals surface area contributed by atoms with E-state index in [0.29, 0.717) is 17.8 Å². The van der Waals surface area contributed by atoms with Gasteiger partial charge in [0.1, 0.15) is 0 Å². The number of rotatable bonds is 5. The third-order valence-electron chi connectivity index (χ3n) is 5.52. The molecule has 0 aromatic heterocycles. The lowest BCUT2D eigenvalue weighted by Gasteiger charge is -2.30. The third kappa shape index (κ3) is 2.62. The first-order chi connectivity index (χ1) is 12.1. The molecule has 0 fully saturated rings. The number of nitrogens with zero attached hydrogens (tertiary/aromatic N) is 2. The quantitative estimate of drug-likeness (QED) is 0.448. The van der Waals surface area contributed by atoms with E-state index in [4.69, 9.17) is 5.21 Å². The Morgan fingerprint density at radius 2 is 1.60 bits per heavy atom. The fraction of sp³-hybridized carbons (Fsp3) is 0.333. The Balaban J connectivity index is 2.16. The Hall–Kier alpha value is -2.62. The van der Waals surface area contributed by atoms with Gasteiger partial charge in [0.2, 0.25) is 0 Å². The molecular formula is C21H24N2O2. The zero-order valence-electron chi connectivity index (χ0n) is 15.0. The molecule has 1 aliphatic rings. The average Bonchev–Trinajstić information content (AvgIpc) is 2.95. The van der Waals surface area contributed by atoms with Crippen LogP contribution in [0.4, 0.5) is 0 Å². The van der Waals surface area contributed by atoms with Crippen LogP contribution in [0.5, 0.6) is 0 Å². The van der Waals surface area contributed by atoms with Gasteiger partial charge in [-0.25, -0.2) is 0 Å². The van der Waals surface area contributed by atoms with Crippen LogP contribution in [-0.4, -0.2) is 21.8 Å². The van der Waals surface area contributed by atoms with Gasteiger partial charge >= 0.3 is 0 Å². The van der Waals surface area contributed by atoms with Crippen LogP contribution < -0.4 is 0 Å². The maximum Gasteiger partial charge on any atom is 0.0925 e. The number of benzene rings is 2. The van der Waals surface area contributed by atoms with Crippen molar-refractivity contribution in [3.8, 4) is 11.1 Å². The van der Waals surface area contributed by atoms with E-state index in [1.807, 2.05) is 6.07 Å². The summed E-state index contributed by atoms with van der Waals surface area (Å²) >= 11 is 0. The van der Waals surface area contributed by atoms with E-state index in [9.17, 15) is 5.21 Å². The topological polar surface area (TPSA) is 65.2 Å². The summed E-state index contributed by atoms with van der Waals surface area (Å²) in [5, 5.41) is 25.0. The Morgan fingerprint density at radius 3 is 2.24 bits per heavy atom. The molecule has 4 heteroatoms. The van der Waals surface area contributed by atoms with E-state index in [1.165, 1.54) is 22.3 Å². The van der Waals surface area contributed by atoms with Crippen LogP contribution in [0, 0.1) is 0 Å². The van der Waals surface area contributed by atoms with Crippen molar-refractivity contribution < 1.29 is 10.4 Å². The second-order valence-corrected chi connectivity index (χ2v) is 6.65. The predicted molar refractivity (Wildman–Crippen MR) is 101 cm³/mol. The summed E-state index contributed by atoms with van der Waals surface area (Å²) in [5.74, 6) is 0. The summed E-state index contributed by atoms with van der Waals surface area (Å²) in [5.41, 5.74) is 7.09. The van der Waals surface area contributed by atoms with E-state index < -0.39 is 0 Å². The molecule has 0 heterocycles. The number of hydrogen-bond donors (Lipinski definition) is 2. The molecule has 0 spiro atoms. The van der Waals surface area contributed by atoms with Gasteiger partial charge in [-0.05, 0) is 48.1 Å². The van der Waals surface area contributed by atoms with Crippen molar-refractivity contribution in [2.75, 3.05) is 0 Å². The van der Waals surface area contributed by atoms with E-state index in [2.05, 4.69) is 60.6 Å². The molecule has 2 aromatic rings. The van der Waals surface area contributed by atoms with Crippen molar-refractivity contribution >= 4 is 11.4 Å². The SMILES string of the molecule is CCC1(CC)c2ccccc2-c2ccc(C(CC(C)=NO)=NO)cc21. The van der Waals surface area contributed by atoms with E-state index in [0.717, 1.165) is 18.4 Å². The molecular weight excluding hydrogens is 312 g/mol. The average molecular weight is 336 g/mol. The minimum absolute atomic E-state index is 0.0113.